The van der Waals surface area contributed by atoms with Crippen molar-refractivity contribution >= 4 is 17.6 Å². The molecule has 3 N–H and O–H groups in total. The van der Waals surface area contributed by atoms with E-state index in [0.29, 0.717) is 17.8 Å². The molecule has 1 aromatic heterocycles. The summed E-state index contributed by atoms with van der Waals surface area (Å²) in [6.07, 6.45) is 5.44. The topological polar surface area (TPSA) is 88.0 Å². The van der Waals surface area contributed by atoms with E-state index in [1.807, 2.05) is 42.8 Å². The van der Waals surface area contributed by atoms with Gasteiger partial charge in [-0.1, -0.05) is 30.3 Å². The maximum atomic E-state index is 12.5. The fourth-order valence-electron chi connectivity index (χ4n) is 2.88. The van der Waals surface area contributed by atoms with Crippen molar-refractivity contribution in [2.45, 2.75) is 33.0 Å². The smallest absolute Gasteiger partial charge is 0.319 e. The van der Waals surface area contributed by atoms with Crippen LogP contribution in [0.3, 0.4) is 0 Å². The molecule has 0 aliphatic carbocycles. The fraction of sp³-hybridized carbons (Fsp3) is 0.227. The molecule has 0 aliphatic rings. The monoisotopic (exact) mass is 391 g/mol. The first-order valence-electron chi connectivity index (χ1n) is 9.49. The van der Waals surface area contributed by atoms with Crippen LogP contribution in [0.5, 0.6) is 0 Å². The minimum Gasteiger partial charge on any atom is -0.348 e. The van der Waals surface area contributed by atoms with Crippen LogP contribution in [-0.4, -0.2) is 27.5 Å². The molecule has 3 amide bonds. The number of anilines is 1. The molecule has 29 heavy (non-hydrogen) atoms. The van der Waals surface area contributed by atoms with Crippen LogP contribution < -0.4 is 16.0 Å². The van der Waals surface area contributed by atoms with Crippen LogP contribution in [0.1, 0.15) is 35.3 Å². The summed E-state index contributed by atoms with van der Waals surface area (Å²) >= 11 is 0. The number of hydrogen-bond acceptors (Lipinski definition) is 3. The largest absolute Gasteiger partial charge is 0.348 e. The first kappa shape index (κ1) is 20.1. The standard InChI is InChI=1S/C22H25N5O2/c1-16(2)25-22(29)26-20-8-4-7-19(12-20)21(28)24-13-17-5-3-6-18(11-17)14-27-10-9-23-15-27/h3-12,15-16H,13-14H2,1-2H3,(H,24,28)(H2,25,26,29). The van der Waals surface area contributed by atoms with Gasteiger partial charge in [0.2, 0.25) is 0 Å². The second-order valence-corrected chi connectivity index (χ2v) is 7.07. The molecule has 0 saturated carbocycles. The Hall–Kier alpha value is -3.61. The van der Waals surface area contributed by atoms with Gasteiger partial charge in [-0.15, -0.1) is 0 Å². The molecular formula is C22H25N5O2. The maximum absolute atomic E-state index is 12.5. The summed E-state index contributed by atoms with van der Waals surface area (Å²) in [5.41, 5.74) is 3.21. The van der Waals surface area contributed by atoms with E-state index in [-0.39, 0.29) is 18.0 Å². The first-order valence-corrected chi connectivity index (χ1v) is 9.49. The number of urea groups is 1. The molecule has 0 spiro atoms. The summed E-state index contributed by atoms with van der Waals surface area (Å²) < 4.78 is 1.99. The Morgan fingerprint density at radius 1 is 1.07 bits per heavy atom. The third-order valence-corrected chi connectivity index (χ3v) is 4.17. The van der Waals surface area contributed by atoms with E-state index in [4.69, 9.17) is 0 Å². The lowest BCUT2D eigenvalue weighted by molar-refractivity contribution is 0.0951. The van der Waals surface area contributed by atoms with Gasteiger partial charge in [0, 0.05) is 42.8 Å². The van der Waals surface area contributed by atoms with Crippen molar-refractivity contribution in [3.63, 3.8) is 0 Å². The average Bonchev–Trinajstić information content (AvgIpc) is 3.19. The van der Waals surface area contributed by atoms with Crippen LogP contribution >= 0.6 is 0 Å². The molecule has 0 bridgehead atoms. The van der Waals surface area contributed by atoms with Crippen LogP contribution in [0, 0.1) is 0 Å². The zero-order valence-corrected chi connectivity index (χ0v) is 16.6. The second kappa shape index (κ2) is 9.54. The molecular weight excluding hydrogens is 366 g/mol. The van der Waals surface area contributed by atoms with E-state index < -0.39 is 0 Å². The van der Waals surface area contributed by atoms with E-state index >= 15 is 0 Å². The number of carbonyl (C=O) groups is 2. The minimum atomic E-state index is -0.299. The summed E-state index contributed by atoms with van der Waals surface area (Å²) in [5.74, 6) is -0.196. The number of amides is 3. The van der Waals surface area contributed by atoms with Gasteiger partial charge in [-0.2, -0.15) is 0 Å². The summed E-state index contributed by atoms with van der Waals surface area (Å²) in [6, 6.07) is 14.7. The highest BCUT2D eigenvalue weighted by Gasteiger charge is 2.09. The van der Waals surface area contributed by atoms with Crippen LogP contribution in [0.25, 0.3) is 0 Å². The van der Waals surface area contributed by atoms with Gasteiger partial charge in [0.15, 0.2) is 0 Å². The van der Waals surface area contributed by atoms with Gasteiger partial charge in [-0.05, 0) is 43.2 Å². The Bertz CT molecular complexity index is 967. The van der Waals surface area contributed by atoms with Crippen molar-refractivity contribution in [3.8, 4) is 0 Å². The number of carbonyl (C=O) groups excluding carboxylic acids is 2. The third kappa shape index (κ3) is 6.21. The molecule has 7 nitrogen and oxygen atoms in total. The Balaban J connectivity index is 1.58. The highest BCUT2D eigenvalue weighted by molar-refractivity contribution is 5.96. The van der Waals surface area contributed by atoms with Crippen molar-refractivity contribution < 1.29 is 9.59 Å². The molecule has 0 aliphatic heterocycles. The molecule has 7 heteroatoms. The van der Waals surface area contributed by atoms with Gasteiger partial charge in [0.05, 0.1) is 6.33 Å². The highest BCUT2D eigenvalue weighted by atomic mass is 16.2. The van der Waals surface area contributed by atoms with Crippen LogP contribution in [0.15, 0.2) is 67.3 Å². The minimum absolute atomic E-state index is 0.0334. The number of imidazole rings is 1. The van der Waals surface area contributed by atoms with Gasteiger partial charge in [-0.3, -0.25) is 4.79 Å². The van der Waals surface area contributed by atoms with E-state index in [1.165, 1.54) is 0 Å². The van der Waals surface area contributed by atoms with Gasteiger partial charge >= 0.3 is 6.03 Å². The molecule has 2 aromatic carbocycles. The fourth-order valence-corrected chi connectivity index (χ4v) is 2.88. The van der Waals surface area contributed by atoms with Crippen LogP contribution in [0.2, 0.25) is 0 Å². The molecule has 3 rings (SSSR count). The number of nitrogens with one attached hydrogen (secondary N) is 3. The number of hydrogen-bond donors (Lipinski definition) is 3. The number of nitrogens with zero attached hydrogens (tertiary/aromatic N) is 2. The summed E-state index contributed by atoms with van der Waals surface area (Å²) in [6.45, 7) is 4.91. The molecule has 1 heterocycles. The first-order chi connectivity index (χ1) is 14.0. The van der Waals surface area contributed by atoms with Crippen molar-refractivity contribution in [2.24, 2.45) is 0 Å². The summed E-state index contributed by atoms with van der Waals surface area (Å²) in [5, 5.41) is 8.41. The molecule has 150 valence electrons. The zero-order valence-electron chi connectivity index (χ0n) is 16.6. The lowest BCUT2D eigenvalue weighted by atomic mass is 10.1. The highest BCUT2D eigenvalue weighted by Crippen LogP contribution is 2.12. The molecule has 0 unspecified atom stereocenters. The number of benzene rings is 2. The van der Waals surface area contributed by atoms with Crippen LogP contribution in [0.4, 0.5) is 10.5 Å². The molecule has 0 radical (unpaired) electrons. The Kier molecular flexibility index (Phi) is 6.63. The number of aromatic nitrogens is 2. The van der Waals surface area contributed by atoms with Crippen molar-refractivity contribution in [3.05, 3.63) is 83.9 Å². The summed E-state index contributed by atoms with van der Waals surface area (Å²) in [4.78, 5) is 28.4. The van der Waals surface area contributed by atoms with E-state index in [2.05, 4.69) is 27.0 Å². The van der Waals surface area contributed by atoms with Gasteiger partial charge in [0.25, 0.3) is 5.91 Å². The summed E-state index contributed by atoms with van der Waals surface area (Å²) in [7, 11) is 0. The SMILES string of the molecule is CC(C)NC(=O)Nc1cccc(C(=O)NCc2cccc(Cn3ccnc3)c2)c1. The molecule has 0 fully saturated rings. The van der Waals surface area contributed by atoms with E-state index in [0.717, 1.165) is 17.7 Å². The average molecular weight is 391 g/mol. The van der Waals surface area contributed by atoms with E-state index in [1.54, 1.807) is 36.8 Å². The Morgan fingerprint density at radius 3 is 2.62 bits per heavy atom. The molecule has 0 atom stereocenters. The maximum Gasteiger partial charge on any atom is 0.319 e. The van der Waals surface area contributed by atoms with Gasteiger partial charge < -0.3 is 20.5 Å². The second-order valence-electron chi connectivity index (χ2n) is 7.07. The van der Waals surface area contributed by atoms with Crippen molar-refractivity contribution in [1.82, 2.24) is 20.2 Å². The van der Waals surface area contributed by atoms with E-state index in [9.17, 15) is 9.59 Å². The Labute approximate surface area is 170 Å². The Morgan fingerprint density at radius 2 is 1.86 bits per heavy atom. The lowest BCUT2D eigenvalue weighted by Gasteiger charge is -2.11. The van der Waals surface area contributed by atoms with Gasteiger partial charge in [-0.25, -0.2) is 9.78 Å². The predicted molar refractivity (Wildman–Crippen MR) is 113 cm³/mol. The molecule has 3 aromatic rings. The quantitative estimate of drug-likeness (QED) is 0.577. The lowest BCUT2D eigenvalue weighted by Crippen LogP contribution is -2.34. The van der Waals surface area contributed by atoms with Crippen LogP contribution in [-0.2, 0) is 13.1 Å². The number of rotatable bonds is 7. The van der Waals surface area contributed by atoms with Crippen molar-refractivity contribution in [1.29, 1.82) is 0 Å². The third-order valence-electron chi connectivity index (χ3n) is 4.17. The van der Waals surface area contributed by atoms with Gasteiger partial charge in [0.1, 0.15) is 0 Å². The predicted octanol–water partition coefficient (Wildman–Crippen LogP) is 3.39. The molecule has 0 saturated heterocycles. The zero-order chi connectivity index (χ0) is 20.6. The normalized spacial score (nSPS) is 10.6. The van der Waals surface area contributed by atoms with Crippen molar-refractivity contribution in [2.75, 3.05) is 5.32 Å².